The second kappa shape index (κ2) is 21.5. The van der Waals surface area contributed by atoms with Crippen LogP contribution >= 0.6 is 0 Å². The Bertz CT molecular complexity index is 2090. The third-order valence-corrected chi connectivity index (χ3v) is 10.3. The lowest BCUT2D eigenvalue weighted by molar-refractivity contribution is -0.149. The van der Waals surface area contributed by atoms with E-state index in [0.29, 0.717) is 5.56 Å². The van der Waals surface area contributed by atoms with Gasteiger partial charge in [-0.05, 0) is 62.1 Å². The molecule has 61 heavy (non-hydrogen) atoms. The zero-order valence-corrected chi connectivity index (χ0v) is 35.8. The number of aliphatic carboxylic acids is 1. The Morgan fingerprint density at radius 2 is 0.984 bits per heavy atom. The number of amides is 5. The van der Waals surface area contributed by atoms with Gasteiger partial charge in [0.2, 0.25) is 23.6 Å². The highest BCUT2D eigenvalue weighted by molar-refractivity contribution is 5.96. The summed E-state index contributed by atoms with van der Waals surface area (Å²) in [5.74, 6) is -3.84. The van der Waals surface area contributed by atoms with Crippen molar-refractivity contribution in [3.8, 4) is 5.75 Å². The first-order valence-corrected chi connectivity index (χ1v) is 20.1. The van der Waals surface area contributed by atoms with E-state index in [4.69, 9.17) is 4.74 Å². The van der Waals surface area contributed by atoms with Crippen molar-refractivity contribution < 1.29 is 43.7 Å². The highest BCUT2D eigenvalue weighted by Crippen LogP contribution is 2.19. The van der Waals surface area contributed by atoms with Gasteiger partial charge in [0.1, 0.15) is 41.6 Å². The summed E-state index contributed by atoms with van der Waals surface area (Å²) in [4.78, 5) is 86.5. The molecule has 4 aromatic carbocycles. The van der Waals surface area contributed by atoms with Crippen LogP contribution in [0.3, 0.4) is 0 Å². The number of hydrogen-bond acceptors (Lipinski definition) is 8. The fraction of sp³-hybridized carbons (Fsp3) is 0.362. The molecule has 4 aromatic rings. The topological polar surface area (TPSA) is 186 Å². The van der Waals surface area contributed by atoms with Crippen molar-refractivity contribution in [1.29, 1.82) is 0 Å². The summed E-state index contributed by atoms with van der Waals surface area (Å²) in [6.45, 7) is 6.62. The van der Waals surface area contributed by atoms with Gasteiger partial charge in [0, 0.05) is 46.8 Å². The summed E-state index contributed by atoms with van der Waals surface area (Å²) in [5.41, 5.74) is 1.93. The van der Waals surface area contributed by atoms with Crippen LogP contribution in [0.25, 0.3) is 0 Å². The molecule has 4 rings (SSSR count). The maximum absolute atomic E-state index is 14.8. The molecule has 0 aromatic heterocycles. The number of carbonyl (C=O) groups is 6. The zero-order valence-electron chi connectivity index (χ0n) is 35.8. The molecule has 0 heterocycles. The van der Waals surface area contributed by atoms with E-state index >= 15 is 0 Å². The van der Waals surface area contributed by atoms with Crippen LogP contribution in [0, 0.1) is 0 Å². The van der Waals surface area contributed by atoms with Crippen molar-refractivity contribution >= 4 is 35.7 Å². The number of nitrogens with zero attached hydrogens (tertiary/aromatic N) is 3. The number of phenols is 1. The quantitative estimate of drug-likeness (QED) is 0.111. The molecule has 0 aliphatic heterocycles. The molecule has 0 saturated carbocycles. The minimum atomic E-state index is -1.34. The highest BCUT2D eigenvalue weighted by Gasteiger charge is 2.38. The third kappa shape index (κ3) is 13.9. The number of likely N-dealkylation sites (N-methyl/N-ethyl adjacent to an activating group) is 3. The number of nitrogens with one attached hydrogen (secondary N) is 2. The summed E-state index contributed by atoms with van der Waals surface area (Å²) in [6.07, 6.45) is -0.599. The van der Waals surface area contributed by atoms with Gasteiger partial charge >= 0.3 is 12.1 Å². The van der Waals surface area contributed by atoms with Gasteiger partial charge in [0.05, 0.1) is 0 Å². The predicted octanol–water partition coefficient (Wildman–Crippen LogP) is 4.63. The van der Waals surface area contributed by atoms with E-state index < -0.39 is 71.5 Å². The molecule has 0 aliphatic carbocycles. The van der Waals surface area contributed by atoms with Crippen LogP contribution in [0.4, 0.5) is 4.79 Å². The molecule has 5 amide bonds. The first-order chi connectivity index (χ1) is 28.8. The SMILES string of the molecule is C[C@@H](C(=O)N[C@@H](Cc1ccc(O)cc1)C(=O)O)N(C)C(=O)[C@H](Cc1ccccc1)N(C)C(=O)[C@H](Cc1ccccc1)NC(=O)[C@H](Cc1ccccc1)N(C)C(=O)OC(C)(C)C. The van der Waals surface area contributed by atoms with Crippen molar-refractivity contribution in [2.45, 2.75) is 89.2 Å². The highest BCUT2D eigenvalue weighted by atomic mass is 16.6. The number of aromatic hydroxyl groups is 1. The molecule has 14 heteroatoms. The van der Waals surface area contributed by atoms with Gasteiger partial charge in [-0.1, -0.05) is 103 Å². The van der Waals surface area contributed by atoms with E-state index in [1.165, 1.54) is 54.9 Å². The molecule has 0 radical (unpaired) electrons. The summed E-state index contributed by atoms with van der Waals surface area (Å²) in [5, 5.41) is 25.0. The smallest absolute Gasteiger partial charge is 0.410 e. The Morgan fingerprint density at radius 1 is 0.557 bits per heavy atom. The van der Waals surface area contributed by atoms with Gasteiger partial charge in [0.25, 0.3) is 0 Å². The van der Waals surface area contributed by atoms with Crippen LogP contribution in [-0.4, -0.2) is 118 Å². The average molecular weight is 836 g/mol. The lowest BCUT2D eigenvalue weighted by Crippen LogP contribution is -2.60. The van der Waals surface area contributed by atoms with Crippen LogP contribution in [0.1, 0.15) is 49.9 Å². The van der Waals surface area contributed by atoms with Crippen molar-refractivity contribution in [2.75, 3.05) is 21.1 Å². The van der Waals surface area contributed by atoms with E-state index in [1.807, 2.05) is 54.6 Å². The van der Waals surface area contributed by atoms with Crippen LogP contribution in [0.2, 0.25) is 0 Å². The number of hydrogen-bond donors (Lipinski definition) is 4. The molecular weight excluding hydrogens is 779 g/mol. The largest absolute Gasteiger partial charge is 0.508 e. The number of ether oxygens (including phenoxy) is 1. The number of phenolic OH excluding ortho intramolecular Hbond substituents is 1. The molecule has 5 atom stereocenters. The van der Waals surface area contributed by atoms with Gasteiger partial charge in [-0.15, -0.1) is 0 Å². The van der Waals surface area contributed by atoms with Crippen molar-refractivity contribution in [3.63, 3.8) is 0 Å². The Morgan fingerprint density at radius 3 is 1.46 bits per heavy atom. The number of carboxylic acid groups (broad SMARTS) is 1. The lowest BCUT2D eigenvalue weighted by Gasteiger charge is -2.36. The van der Waals surface area contributed by atoms with E-state index in [0.717, 1.165) is 16.7 Å². The summed E-state index contributed by atoms with van der Waals surface area (Å²) < 4.78 is 5.61. The Labute approximate surface area is 357 Å². The average Bonchev–Trinajstić information content (AvgIpc) is 3.23. The summed E-state index contributed by atoms with van der Waals surface area (Å²) in [6, 6.07) is 27.2. The first-order valence-electron chi connectivity index (χ1n) is 20.1. The number of rotatable bonds is 18. The second-order valence-electron chi connectivity index (χ2n) is 16.1. The van der Waals surface area contributed by atoms with Crippen LogP contribution < -0.4 is 10.6 Å². The number of carboxylic acids is 1. The third-order valence-electron chi connectivity index (χ3n) is 10.3. The lowest BCUT2D eigenvalue weighted by atomic mass is 9.99. The van der Waals surface area contributed by atoms with Gasteiger partial charge in [-0.2, -0.15) is 0 Å². The van der Waals surface area contributed by atoms with Crippen molar-refractivity contribution in [3.05, 3.63) is 138 Å². The second-order valence-corrected chi connectivity index (χ2v) is 16.1. The Hall–Kier alpha value is -6.70. The molecule has 0 fully saturated rings. The molecule has 0 unspecified atom stereocenters. The standard InChI is InChI=1S/C47H57N5O9/c1-31(41(54)49-38(45(58)59)28-35-23-25-36(53)26-24-35)50(5)44(57)40(30-34-21-15-10-16-22-34)51(6)43(56)37(27-32-17-11-8-12-18-32)48-42(55)39(29-33-19-13-9-14-20-33)52(7)46(60)61-47(2,3)4/h8-26,31,37-40,53H,27-30H2,1-7H3,(H,48,55)(H,49,54)(H,58,59)/t31-,37-,38-,39-,40-/m0/s1. The molecule has 0 spiro atoms. The van der Waals surface area contributed by atoms with Gasteiger partial charge < -0.3 is 35.4 Å². The normalized spacial score (nSPS) is 13.6. The molecule has 4 N–H and O–H groups in total. The maximum atomic E-state index is 14.8. The first kappa shape index (κ1) is 47.0. The number of benzene rings is 4. The molecular formula is C47H57N5O9. The monoisotopic (exact) mass is 835 g/mol. The van der Waals surface area contributed by atoms with E-state index in [9.17, 15) is 39.0 Å². The van der Waals surface area contributed by atoms with Gasteiger partial charge in [-0.3, -0.25) is 24.1 Å². The van der Waals surface area contributed by atoms with E-state index in [1.54, 1.807) is 69.3 Å². The fourth-order valence-electron chi connectivity index (χ4n) is 6.61. The molecule has 14 nitrogen and oxygen atoms in total. The summed E-state index contributed by atoms with van der Waals surface area (Å²) >= 11 is 0. The van der Waals surface area contributed by atoms with Crippen molar-refractivity contribution in [2.24, 2.45) is 0 Å². The summed E-state index contributed by atoms with van der Waals surface area (Å²) in [7, 11) is 4.33. The predicted molar refractivity (Wildman–Crippen MR) is 230 cm³/mol. The molecule has 0 saturated heterocycles. The molecule has 0 aliphatic rings. The Kier molecular flexibility index (Phi) is 16.6. The van der Waals surface area contributed by atoms with Crippen molar-refractivity contribution in [1.82, 2.24) is 25.3 Å². The minimum absolute atomic E-state index is 0.00810. The molecule has 0 bridgehead atoms. The van der Waals surface area contributed by atoms with Gasteiger partial charge in [-0.25, -0.2) is 9.59 Å². The van der Waals surface area contributed by atoms with Gasteiger partial charge in [0.15, 0.2) is 0 Å². The molecule has 324 valence electrons. The van der Waals surface area contributed by atoms with E-state index in [-0.39, 0.29) is 31.4 Å². The number of carbonyl (C=O) groups excluding carboxylic acids is 5. The fourth-order valence-corrected chi connectivity index (χ4v) is 6.61. The van der Waals surface area contributed by atoms with Crippen LogP contribution in [-0.2, 0) is 54.4 Å². The van der Waals surface area contributed by atoms with Crippen LogP contribution in [0.5, 0.6) is 5.75 Å². The Balaban J connectivity index is 1.65. The maximum Gasteiger partial charge on any atom is 0.410 e. The van der Waals surface area contributed by atoms with E-state index in [2.05, 4.69) is 10.6 Å². The minimum Gasteiger partial charge on any atom is -0.508 e. The zero-order chi connectivity index (χ0) is 44.9. The van der Waals surface area contributed by atoms with Crippen LogP contribution in [0.15, 0.2) is 115 Å².